The van der Waals surface area contributed by atoms with E-state index in [1.807, 2.05) is 72.8 Å². The number of hydrogen-bond donors (Lipinski definition) is 0. The lowest BCUT2D eigenvalue weighted by Gasteiger charge is -2.10. The van der Waals surface area contributed by atoms with Crippen molar-refractivity contribution in [2.24, 2.45) is 0 Å². The maximum absolute atomic E-state index is 9.67. The first kappa shape index (κ1) is 19.6. The van der Waals surface area contributed by atoms with E-state index in [1.165, 1.54) is 0 Å². The SMILES string of the molecule is [2H]c1c([2H])c([2H])c(-c2c([2H])c([2H])c([2H])c3sc4c([2H])c([2H])c(-c5nc(-c6ccccc6)nc(-c6ccc(-c7ccc(-c8ccccc8)cc7)cc6)n5)c([2H])c4c23)c([2H])c1[2H]. The van der Waals surface area contributed by atoms with Crippen LogP contribution >= 0.6 is 11.3 Å². The van der Waals surface area contributed by atoms with Crippen molar-refractivity contribution in [1.82, 2.24) is 15.0 Å². The van der Waals surface area contributed by atoms with E-state index in [1.54, 1.807) is 0 Å². The molecule has 7 aromatic carbocycles. The van der Waals surface area contributed by atoms with Gasteiger partial charge >= 0.3 is 0 Å². The van der Waals surface area contributed by atoms with Gasteiger partial charge in [0.2, 0.25) is 0 Å². The van der Waals surface area contributed by atoms with Crippen LogP contribution in [-0.4, -0.2) is 15.0 Å². The second-order valence-electron chi connectivity index (χ2n) is 11.2. The molecule has 0 aliphatic carbocycles. The molecule has 9 rings (SSSR count). The summed E-state index contributed by atoms with van der Waals surface area (Å²) in [6.45, 7) is 0. The lowest BCUT2D eigenvalue weighted by atomic mass is 9.99. The fourth-order valence-electron chi connectivity index (χ4n) is 5.76. The Hall–Kier alpha value is -6.23. The molecule has 49 heavy (non-hydrogen) atoms. The van der Waals surface area contributed by atoms with Gasteiger partial charge in [0.15, 0.2) is 17.5 Å². The van der Waals surface area contributed by atoms with Crippen LogP contribution in [0.15, 0.2) is 176 Å². The molecule has 3 nitrogen and oxygen atoms in total. The zero-order valence-electron chi connectivity index (χ0n) is 36.6. The van der Waals surface area contributed by atoms with Gasteiger partial charge in [0.25, 0.3) is 0 Å². The molecule has 0 saturated carbocycles. The Kier molecular flexibility index (Phi) is 4.96. The third-order valence-corrected chi connectivity index (χ3v) is 9.20. The summed E-state index contributed by atoms with van der Waals surface area (Å²) in [6.07, 6.45) is 0. The molecular weight excluding hydrogens is 615 g/mol. The third kappa shape index (κ3) is 5.58. The van der Waals surface area contributed by atoms with E-state index in [9.17, 15) is 4.11 Å². The lowest BCUT2D eigenvalue weighted by Crippen LogP contribution is -2.00. The Morgan fingerprint density at radius 2 is 0.898 bits per heavy atom. The first-order valence-electron chi connectivity index (χ1n) is 21.0. The molecule has 0 unspecified atom stereocenters. The Bertz CT molecular complexity index is 3170. The largest absolute Gasteiger partial charge is 0.208 e. The molecule has 0 atom stereocenters. The van der Waals surface area contributed by atoms with Crippen molar-refractivity contribution in [2.75, 3.05) is 0 Å². The fourth-order valence-corrected chi connectivity index (χ4v) is 6.73. The topological polar surface area (TPSA) is 38.7 Å². The quantitative estimate of drug-likeness (QED) is 0.179. The monoisotopic (exact) mass is 654 g/mol. The molecule has 9 aromatic rings. The highest BCUT2D eigenvalue weighted by molar-refractivity contribution is 7.26. The molecular formula is C45H29N3S. The van der Waals surface area contributed by atoms with Crippen LogP contribution in [0.25, 0.3) is 87.7 Å². The van der Waals surface area contributed by atoms with Gasteiger partial charge in [-0.2, -0.15) is 0 Å². The van der Waals surface area contributed by atoms with Crippen LogP contribution in [0.4, 0.5) is 0 Å². The van der Waals surface area contributed by atoms with Crippen molar-refractivity contribution in [3.63, 3.8) is 0 Å². The smallest absolute Gasteiger partial charge is 0.164 e. The predicted molar refractivity (Wildman–Crippen MR) is 205 cm³/mol. The van der Waals surface area contributed by atoms with E-state index in [2.05, 4.69) is 36.4 Å². The molecule has 0 saturated heterocycles. The lowest BCUT2D eigenvalue weighted by molar-refractivity contribution is 1.07. The predicted octanol–water partition coefficient (Wildman–Crippen LogP) is 12.2. The summed E-state index contributed by atoms with van der Waals surface area (Å²) in [4.78, 5) is 14.3. The van der Waals surface area contributed by atoms with Crippen molar-refractivity contribution in [3.05, 3.63) is 176 Å². The normalized spacial score (nSPS) is 14.4. The maximum Gasteiger partial charge on any atom is 0.164 e. The maximum atomic E-state index is 9.67. The number of rotatable bonds is 6. The van der Waals surface area contributed by atoms with E-state index >= 15 is 0 Å². The van der Waals surface area contributed by atoms with Crippen LogP contribution in [0.1, 0.15) is 15.1 Å². The number of fused-ring (bicyclic) bond motifs is 3. The van der Waals surface area contributed by atoms with Crippen LogP contribution in [0, 0.1) is 0 Å². The van der Waals surface area contributed by atoms with Gasteiger partial charge in [0.1, 0.15) is 0 Å². The van der Waals surface area contributed by atoms with Crippen LogP contribution in [0.2, 0.25) is 0 Å². The Morgan fingerprint density at radius 3 is 1.51 bits per heavy atom. The summed E-state index contributed by atoms with van der Waals surface area (Å²) < 4.78 is 97.1. The summed E-state index contributed by atoms with van der Waals surface area (Å²) in [5.74, 6) is 0.408. The summed E-state index contributed by atoms with van der Waals surface area (Å²) in [6, 6.07) is 29.4. The molecule has 0 amide bonds. The van der Waals surface area contributed by atoms with E-state index in [4.69, 9.17) is 25.9 Å². The highest BCUT2D eigenvalue weighted by atomic mass is 32.1. The minimum Gasteiger partial charge on any atom is -0.208 e. The standard InChI is InChI=1S/C45H29N3S/c1-4-11-30(12-5-1)31-19-21-32(22-20-31)33-23-25-36(26-24-33)44-46-43(35-15-8-3-9-16-35)47-45(48-44)37-27-28-40-39(29-37)42-38(17-10-18-41(42)49-40)34-13-6-2-7-14-34/h1-29H/i2D,6D,7D,10D,13D,14D,17D,18D,27D,28D,29D. The number of nitrogens with zero attached hydrogens (tertiary/aromatic N) is 3. The van der Waals surface area contributed by atoms with Gasteiger partial charge in [-0.15, -0.1) is 11.3 Å². The van der Waals surface area contributed by atoms with E-state index in [0.717, 1.165) is 33.6 Å². The van der Waals surface area contributed by atoms with E-state index in [-0.39, 0.29) is 78.5 Å². The van der Waals surface area contributed by atoms with Crippen LogP contribution in [-0.2, 0) is 0 Å². The summed E-state index contributed by atoms with van der Waals surface area (Å²) in [7, 11) is 0. The van der Waals surface area contributed by atoms with Crippen molar-refractivity contribution < 1.29 is 15.1 Å². The second-order valence-corrected chi connectivity index (χ2v) is 12.2. The zero-order valence-corrected chi connectivity index (χ0v) is 26.5. The van der Waals surface area contributed by atoms with Gasteiger partial charge in [-0.3, -0.25) is 0 Å². The summed E-state index contributed by atoms with van der Waals surface area (Å²) in [5.41, 5.74) is 4.70. The van der Waals surface area contributed by atoms with Gasteiger partial charge in [-0.05, 0) is 57.6 Å². The van der Waals surface area contributed by atoms with E-state index in [0.29, 0.717) is 11.1 Å². The van der Waals surface area contributed by atoms with Gasteiger partial charge in [-0.25, -0.2) is 15.0 Å². The van der Waals surface area contributed by atoms with Crippen molar-refractivity contribution in [1.29, 1.82) is 0 Å². The third-order valence-electron chi connectivity index (χ3n) is 8.18. The molecule has 230 valence electrons. The molecule has 0 bridgehead atoms. The first-order chi connectivity index (χ1) is 28.8. The molecule has 4 heteroatoms. The molecule has 0 spiro atoms. The minimum atomic E-state index is -0.652. The molecule has 0 N–H and O–H groups in total. The van der Waals surface area contributed by atoms with Crippen molar-refractivity contribution >= 4 is 31.5 Å². The van der Waals surface area contributed by atoms with Crippen LogP contribution in [0.5, 0.6) is 0 Å². The summed E-state index contributed by atoms with van der Waals surface area (Å²) >= 11 is 0.876. The molecule has 0 aliphatic rings. The van der Waals surface area contributed by atoms with Gasteiger partial charge in [0.05, 0.1) is 15.1 Å². The van der Waals surface area contributed by atoms with Gasteiger partial charge in [-0.1, -0.05) is 151 Å². The highest BCUT2D eigenvalue weighted by Gasteiger charge is 2.16. The zero-order chi connectivity index (χ0) is 42.1. The second kappa shape index (κ2) is 12.4. The Labute approximate surface area is 304 Å². The van der Waals surface area contributed by atoms with Crippen LogP contribution < -0.4 is 0 Å². The van der Waals surface area contributed by atoms with Gasteiger partial charge < -0.3 is 0 Å². The highest BCUT2D eigenvalue weighted by Crippen LogP contribution is 2.41. The average molecular weight is 655 g/mol. The first-order valence-corrected chi connectivity index (χ1v) is 16.3. The summed E-state index contributed by atoms with van der Waals surface area (Å²) in [5, 5.41) is 0.0184. The minimum absolute atomic E-state index is 0.00392. The molecule has 2 aromatic heterocycles. The molecule has 0 radical (unpaired) electrons. The Morgan fingerprint density at radius 1 is 0.388 bits per heavy atom. The van der Waals surface area contributed by atoms with Crippen LogP contribution in [0.3, 0.4) is 0 Å². The molecule has 0 fully saturated rings. The Balaban J connectivity index is 1.26. The number of hydrogen-bond acceptors (Lipinski definition) is 4. The molecule has 0 aliphatic heterocycles. The van der Waals surface area contributed by atoms with Gasteiger partial charge in [0, 0.05) is 36.9 Å². The number of benzene rings is 7. The number of thiophene rings is 1. The van der Waals surface area contributed by atoms with E-state index < -0.39 is 42.3 Å². The van der Waals surface area contributed by atoms with Crippen molar-refractivity contribution in [2.45, 2.75) is 0 Å². The molecule has 2 heterocycles. The average Bonchev–Trinajstić information content (AvgIpc) is 3.69. The fraction of sp³-hybridized carbons (Fsp3) is 0. The van der Waals surface area contributed by atoms with Crippen molar-refractivity contribution in [3.8, 4) is 67.5 Å². The number of aromatic nitrogens is 3.